The Morgan fingerprint density at radius 3 is 2.58 bits per heavy atom. The molecule has 1 atom stereocenters. The summed E-state index contributed by atoms with van der Waals surface area (Å²) < 4.78 is 24.6. The van der Waals surface area contributed by atoms with Gasteiger partial charge in [0.25, 0.3) is 5.56 Å². The molecule has 166 valence electrons. The Bertz CT molecular complexity index is 1080. The van der Waals surface area contributed by atoms with Gasteiger partial charge in [-0.2, -0.15) is 0 Å². The SMILES string of the molecule is COc1c([C@@H]2SC(C)=Nc3c2c(=O)[nH]n3C2CCCCCC2)cc2c(c1OC)OCO2. The number of benzene rings is 1. The van der Waals surface area contributed by atoms with Crippen molar-refractivity contribution in [3.8, 4) is 23.0 Å². The molecule has 3 aliphatic rings. The summed E-state index contributed by atoms with van der Waals surface area (Å²) in [4.78, 5) is 18.0. The van der Waals surface area contributed by atoms with Crippen molar-refractivity contribution in [2.24, 2.45) is 4.99 Å². The van der Waals surface area contributed by atoms with E-state index in [9.17, 15) is 4.79 Å². The number of ether oxygens (including phenoxy) is 4. The summed E-state index contributed by atoms with van der Waals surface area (Å²) in [5.74, 6) is 2.88. The highest BCUT2D eigenvalue weighted by molar-refractivity contribution is 8.14. The van der Waals surface area contributed by atoms with Crippen LogP contribution in [0.5, 0.6) is 23.0 Å². The van der Waals surface area contributed by atoms with E-state index in [1.165, 1.54) is 37.4 Å². The minimum absolute atomic E-state index is 0.105. The van der Waals surface area contributed by atoms with Gasteiger partial charge in [0.15, 0.2) is 17.3 Å². The number of aliphatic imine (C=N–C) groups is 1. The lowest BCUT2D eigenvalue weighted by Gasteiger charge is -2.25. The van der Waals surface area contributed by atoms with Gasteiger partial charge < -0.3 is 18.9 Å². The zero-order chi connectivity index (χ0) is 21.5. The molecule has 1 fully saturated rings. The molecule has 9 heteroatoms. The van der Waals surface area contributed by atoms with Gasteiger partial charge in [-0.05, 0) is 25.8 Å². The molecular weight excluding hydrogens is 418 g/mol. The summed E-state index contributed by atoms with van der Waals surface area (Å²) in [6, 6.07) is 2.17. The third kappa shape index (κ3) is 3.39. The summed E-state index contributed by atoms with van der Waals surface area (Å²) in [6.45, 7) is 2.10. The second kappa shape index (κ2) is 8.18. The lowest BCUT2D eigenvalue weighted by molar-refractivity contribution is 0.170. The topological polar surface area (TPSA) is 87.1 Å². The number of nitrogens with zero attached hydrogens (tertiary/aromatic N) is 2. The quantitative estimate of drug-likeness (QED) is 0.686. The summed E-state index contributed by atoms with van der Waals surface area (Å²) in [6.07, 6.45) is 6.97. The first-order valence-electron chi connectivity index (χ1n) is 10.7. The molecule has 1 saturated carbocycles. The van der Waals surface area contributed by atoms with E-state index in [4.69, 9.17) is 23.9 Å². The van der Waals surface area contributed by atoms with Crippen LogP contribution in [0.3, 0.4) is 0 Å². The van der Waals surface area contributed by atoms with Crippen molar-refractivity contribution >= 4 is 22.6 Å². The van der Waals surface area contributed by atoms with Gasteiger partial charge in [0, 0.05) is 5.56 Å². The molecule has 1 aromatic heterocycles. The Balaban J connectivity index is 1.66. The van der Waals surface area contributed by atoms with Crippen LogP contribution in [0, 0.1) is 0 Å². The molecule has 0 radical (unpaired) electrons. The van der Waals surface area contributed by atoms with E-state index < -0.39 is 0 Å². The number of hydrogen-bond acceptors (Lipinski definition) is 7. The van der Waals surface area contributed by atoms with Crippen LogP contribution in [0.4, 0.5) is 5.82 Å². The Morgan fingerprint density at radius 2 is 1.87 bits per heavy atom. The minimum Gasteiger partial charge on any atom is -0.492 e. The molecule has 0 saturated heterocycles. The maximum Gasteiger partial charge on any atom is 0.271 e. The van der Waals surface area contributed by atoms with Crippen molar-refractivity contribution in [2.45, 2.75) is 56.7 Å². The first kappa shape index (κ1) is 20.4. The molecule has 0 unspecified atom stereocenters. The summed E-state index contributed by atoms with van der Waals surface area (Å²) in [5, 5.41) is 3.71. The van der Waals surface area contributed by atoms with E-state index in [1.54, 1.807) is 14.2 Å². The van der Waals surface area contributed by atoms with E-state index in [0.717, 1.165) is 29.3 Å². The van der Waals surface area contributed by atoms with Crippen LogP contribution in [0.25, 0.3) is 0 Å². The van der Waals surface area contributed by atoms with Crippen LogP contribution < -0.4 is 24.5 Å². The fourth-order valence-electron chi connectivity index (χ4n) is 4.81. The Labute approximate surface area is 184 Å². The molecule has 0 spiro atoms. The highest BCUT2D eigenvalue weighted by Crippen LogP contribution is 2.55. The fourth-order valence-corrected chi connectivity index (χ4v) is 5.93. The second-order valence-electron chi connectivity index (χ2n) is 8.09. The van der Waals surface area contributed by atoms with Crippen molar-refractivity contribution in [1.29, 1.82) is 0 Å². The smallest absolute Gasteiger partial charge is 0.271 e. The number of methoxy groups -OCH3 is 2. The zero-order valence-electron chi connectivity index (χ0n) is 18.0. The lowest BCUT2D eigenvalue weighted by Crippen LogP contribution is -2.14. The summed E-state index contributed by atoms with van der Waals surface area (Å²) >= 11 is 1.54. The molecule has 2 aromatic rings. The number of aromatic amines is 1. The normalized spacial score (nSPS) is 20.7. The minimum atomic E-state index is -0.290. The number of hydrogen-bond donors (Lipinski definition) is 1. The van der Waals surface area contributed by atoms with Crippen LogP contribution >= 0.6 is 11.8 Å². The van der Waals surface area contributed by atoms with Gasteiger partial charge in [-0.1, -0.05) is 37.4 Å². The maximum absolute atomic E-state index is 13.2. The van der Waals surface area contributed by atoms with Crippen LogP contribution in [0.1, 0.15) is 67.9 Å². The van der Waals surface area contributed by atoms with Gasteiger partial charge in [-0.3, -0.25) is 14.6 Å². The molecule has 2 aliphatic heterocycles. The summed E-state index contributed by atoms with van der Waals surface area (Å²) in [7, 11) is 3.17. The fraction of sp³-hybridized carbons (Fsp3) is 0.545. The predicted octanol–water partition coefficient (Wildman–Crippen LogP) is 4.70. The van der Waals surface area contributed by atoms with E-state index in [2.05, 4.69) is 5.10 Å². The lowest BCUT2D eigenvalue weighted by atomic mass is 10.0. The molecule has 1 aromatic carbocycles. The Hall–Kier alpha value is -2.55. The first-order chi connectivity index (χ1) is 15.1. The number of H-pyrrole nitrogens is 1. The number of thioether (sulfide) groups is 1. The number of fused-ring (bicyclic) bond motifs is 2. The average Bonchev–Trinajstić information content (AvgIpc) is 3.26. The largest absolute Gasteiger partial charge is 0.492 e. The molecule has 5 rings (SSSR count). The monoisotopic (exact) mass is 445 g/mol. The third-order valence-corrected chi connectivity index (χ3v) is 7.39. The molecule has 1 N–H and O–H groups in total. The first-order valence-corrected chi connectivity index (χ1v) is 11.6. The Morgan fingerprint density at radius 1 is 1.13 bits per heavy atom. The second-order valence-corrected chi connectivity index (χ2v) is 9.39. The van der Waals surface area contributed by atoms with Gasteiger partial charge in [-0.25, -0.2) is 4.99 Å². The molecular formula is C22H27N3O5S. The molecule has 8 nitrogen and oxygen atoms in total. The number of nitrogens with one attached hydrogen (secondary N) is 1. The standard InChI is InChI=1S/C22H27N3O5S/c1-12-23-21-16(22(26)24-25(21)13-8-6-4-5-7-9-13)20(31-12)14-10-15-18(30-11-29-15)19(28-3)17(14)27-2/h10,13,20H,4-9,11H2,1-3H3,(H,24,26)/t20-/m0/s1. The van der Waals surface area contributed by atoms with Crippen LogP contribution in [0.15, 0.2) is 15.9 Å². The van der Waals surface area contributed by atoms with Crippen molar-refractivity contribution in [2.75, 3.05) is 21.0 Å². The van der Waals surface area contributed by atoms with Crippen LogP contribution in [0.2, 0.25) is 0 Å². The van der Waals surface area contributed by atoms with Crippen molar-refractivity contribution < 1.29 is 18.9 Å². The number of rotatable bonds is 4. The highest BCUT2D eigenvalue weighted by Gasteiger charge is 2.37. The van der Waals surface area contributed by atoms with E-state index in [1.807, 2.05) is 17.7 Å². The molecule has 31 heavy (non-hydrogen) atoms. The van der Waals surface area contributed by atoms with Gasteiger partial charge in [0.1, 0.15) is 0 Å². The summed E-state index contributed by atoms with van der Waals surface area (Å²) in [5.41, 5.74) is 1.36. The van der Waals surface area contributed by atoms with Gasteiger partial charge >= 0.3 is 0 Å². The molecule has 0 amide bonds. The maximum atomic E-state index is 13.2. The van der Waals surface area contributed by atoms with Crippen molar-refractivity contribution in [3.05, 3.63) is 27.5 Å². The number of aromatic nitrogens is 2. The van der Waals surface area contributed by atoms with Gasteiger partial charge in [0.2, 0.25) is 18.3 Å². The van der Waals surface area contributed by atoms with Crippen molar-refractivity contribution in [1.82, 2.24) is 9.78 Å². The van der Waals surface area contributed by atoms with Gasteiger partial charge in [0.05, 0.1) is 36.1 Å². The van der Waals surface area contributed by atoms with Crippen LogP contribution in [-0.2, 0) is 0 Å². The van der Waals surface area contributed by atoms with Crippen molar-refractivity contribution in [3.63, 3.8) is 0 Å². The van der Waals surface area contributed by atoms with E-state index >= 15 is 0 Å². The van der Waals surface area contributed by atoms with Crippen LogP contribution in [-0.4, -0.2) is 35.8 Å². The zero-order valence-corrected chi connectivity index (χ0v) is 18.8. The predicted molar refractivity (Wildman–Crippen MR) is 120 cm³/mol. The Kier molecular flexibility index (Phi) is 5.37. The van der Waals surface area contributed by atoms with Gasteiger partial charge in [-0.15, -0.1) is 0 Å². The van der Waals surface area contributed by atoms with E-state index in [-0.39, 0.29) is 23.6 Å². The molecule has 1 aliphatic carbocycles. The highest BCUT2D eigenvalue weighted by atomic mass is 32.2. The van der Waals surface area contributed by atoms with E-state index in [0.29, 0.717) is 28.6 Å². The molecule has 0 bridgehead atoms. The third-order valence-electron chi connectivity index (χ3n) is 6.23. The molecule has 3 heterocycles. The average molecular weight is 446 g/mol.